The van der Waals surface area contributed by atoms with Gasteiger partial charge in [0.05, 0.1) is 11.3 Å². The molecule has 1 saturated heterocycles. The molecule has 1 N–H and O–H groups in total. The van der Waals surface area contributed by atoms with Crippen LogP contribution < -0.4 is 5.32 Å². The van der Waals surface area contributed by atoms with E-state index in [9.17, 15) is 9.59 Å². The lowest BCUT2D eigenvalue weighted by atomic mass is 9.99. The van der Waals surface area contributed by atoms with Crippen LogP contribution in [0.3, 0.4) is 0 Å². The number of benzene rings is 2. The van der Waals surface area contributed by atoms with Gasteiger partial charge in [0.1, 0.15) is 0 Å². The number of rotatable bonds is 3. The van der Waals surface area contributed by atoms with Gasteiger partial charge >= 0.3 is 0 Å². The van der Waals surface area contributed by atoms with Crippen LogP contribution in [0.5, 0.6) is 0 Å². The number of carbonyl (C=O) groups excluding carboxylic acids is 2. The topological polar surface area (TPSA) is 49.4 Å². The highest BCUT2D eigenvalue weighted by Gasteiger charge is 2.24. The third kappa shape index (κ3) is 4.28. The van der Waals surface area contributed by atoms with Gasteiger partial charge in [-0.1, -0.05) is 35.0 Å². The number of amides is 2. The average molecular weight is 401 g/mol. The van der Waals surface area contributed by atoms with Crippen LogP contribution >= 0.6 is 15.9 Å². The molecule has 3 rings (SSSR count). The molecule has 1 heterocycles. The second kappa shape index (κ2) is 7.83. The van der Waals surface area contributed by atoms with E-state index in [1.54, 1.807) is 24.3 Å². The molecule has 25 heavy (non-hydrogen) atoms. The molecule has 2 aromatic rings. The third-order valence-electron chi connectivity index (χ3n) is 4.46. The van der Waals surface area contributed by atoms with Crippen molar-refractivity contribution in [1.29, 1.82) is 0 Å². The number of carbonyl (C=O) groups is 2. The first kappa shape index (κ1) is 17.7. The smallest absolute Gasteiger partial charge is 0.255 e. The van der Waals surface area contributed by atoms with Gasteiger partial charge in [0, 0.05) is 23.1 Å². The molecule has 0 unspecified atom stereocenters. The molecule has 1 fully saturated rings. The maximum atomic E-state index is 12.9. The van der Waals surface area contributed by atoms with E-state index in [4.69, 9.17) is 0 Å². The predicted octanol–water partition coefficient (Wildman–Crippen LogP) is 4.57. The zero-order valence-electron chi connectivity index (χ0n) is 14.2. The summed E-state index contributed by atoms with van der Waals surface area (Å²) >= 11 is 3.36. The van der Waals surface area contributed by atoms with Gasteiger partial charge in [0.15, 0.2) is 0 Å². The molecular weight excluding hydrogens is 380 g/mol. The van der Waals surface area contributed by atoms with Gasteiger partial charge < -0.3 is 10.2 Å². The summed E-state index contributed by atoms with van der Waals surface area (Å²) in [6, 6.07) is 14.3. The number of para-hydroxylation sites is 1. The number of nitrogens with zero attached hydrogens (tertiary/aromatic N) is 1. The SMILES string of the molecule is C[C@@H]1CCCN(C(=O)c2ccccc2NC(=O)c2ccc(Br)cc2)C1. The molecular formula is C20H21BrN2O2. The first-order valence-corrected chi connectivity index (χ1v) is 9.29. The number of hydrogen-bond donors (Lipinski definition) is 1. The zero-order valence-corrected chi connectivity index (χ0v) is 15.8. The Labute approximate surface area is 156 Å². The normalized spacial score (nSPS) is 17.2. The molecule has 0 aromatic heterocycles. The monoisotopic (exact) mass is 400 g/mol. The molecule has 0 spiro atoms. The van der Waals surface area contributed by atoms with Crippen molar-refractivity contribution in [3.63, 3.8) is 0 Å². The van der Waals surface area contributed by atoms with Crippen molar-refractivity contribution < 1.29 is 9.59 Å². The van der Waals surface area contributed by atoms with Crippen molar-refractivity contribution in [2.75, 3.05) is 18.4 Å². The lowest BCUT2D eigenvalue weighted by Gasteiger charge is -2.31. The lowest BCUT2D eigenvalue weighted by molar-refractivity contribution is 0.0684. The van der Waals surface area contributed by atoms with Crippen LogP contribution in [-0.4, -0.2) is 29.8 Å². The largest absolute Gasteiger partial charge is 0.338 e. The van der Waals surface area contributed by atoms with Crippen LogP contribution in [0.4, 0.5) is 5.69 Å². The minimum Gasteiger partial charge on any atom is -0.338 e. The number of hydrogen-bond acceptors (Lipinski definition) is 2. The number of piperidine rings is 1. The molecule has 2 aromatic carbocycles. The average Bonchev–Trinajstić information content (AvgIpc) is 2.62. The fourth-order valence-electron chi connectivity index (χ4n) is 3.12. The molecule has 0 aliphatic carbocycles. The summed E-state index contributed by atoms with van der Waals surface area (Å²) in [6.45, 7) is 3.71. The standard InChI is InChI=1S/C20H21BrN2O2/c1-14-5-4-12-23(13-14)20(25)17-6-2-3-7-18(17)22-19(24)15-8-10-16(21)11-9-15/h2-3,6-11,14H,4-5,12-13H2,1H3,(H,22,24)/t14-/m1/s1. The Hall–Kier alpha value is -2.14. The summed E-state index contributed by atoms with van der Waals surface area (Å²) in [5.74, 6) is 0.278. The van der Waals surface area contributed by atoms with E-state index in [1.165, 1.54) is 0 Å². The summed E-state index contributed by atoms with van der Waals surface area (Å²) in [6.07, 6.45) is 2.19. The number of anilines is 1. The molecule has 5 heteroatoms. The van der Waals surface area contributed by atoms with Crippen molar-refractivity contribution in [3.05, 3.63) is 64.1 Å². The number of halogens is 1. The predicted molar refractivity (Wildman–Crippen MR) is 103 cm³/mol. The van der Waals surface area contributed by atoms with Crippen LogP contribution in [0.1, 0.15) is 40.5 Å². The molecule has 0 radical (unpaired) electrons. The van der Waals surface area contributed by atoms with Crippen LogP contribution in [0.15, 0.2) is 53.0 Å². The fourth-order valence-corrected chi connectivity index (χ4v) is 3.38. The van der Waals surface area contributed by atoms with Crippen LogP contribution in [0, 0.1) is 5.92 Å². The minimum atomic E-state index is -0.222. The Balaban J connectivity index is 1.79. The van der Waals surface area contributed by atoms with E-state index in [2.05, 4.69) is 28.2 Å². The van der Waals surface area contributed by atoms with Crippen molar-refractivity contribution >= 4 is 33.4 Å². The van der Waals surface area contributed by atoms with E-state index in [1.807, 2.05) is 29.2 Å². The van der Waals surface area contributed by atoms with E-state index < -0.39 is 0 Å². The zero-order chi connectivity index (χ0) is 17.8. The van der Waals surface area contributed by atoms with E-state index >= 15 is 0 Å². The Morgan fingerprint density at radius 2 is 1.84 bits per heavy atom. The third-order valence-corrected chi connectivity index (χ3v) is 4.98. The summed E-state index contributed by atoms with van der Waals surface area (Å²) < 4.78 is 0.916. The van der Waals surface area contributed by atoms with Crippen LogP contribution in [0.2, 0.25) is 0 Å². The molecule has 1 atom stereocenters. The van der Waals surface area contributed by atoms with E-state index in [0.29, 0.717) is 22.7 Å². The molecule has 2 amide bonds. The molecule has 1 aliphatic heterocycles. The van der Waals surface area contributed by atoms with Gasteiger partial charge in [0.25, 0.3) is 11.8 Å². The first-order chi connectivity index (χ1) is 12.0. The van der Waals surface area contributed by atoms with Gasteiger partial charge in [-0.15, -0.1) is 0 Å². The molecule has 0 bridgehead atoms. The van der Waals surface area contributed by atoms with Gasteiger partial charge in [0.2, 0.25) is 0 Å². The molecule has 4 nitrogen and oxygen atoms in total. The van der Waals surface area contributed by atoms with Crippen molar-refractivity contribution in [3.8, 4) is 0 Å². The van der Waals surface area contributed by atoms with Crippen LogP contribution in [0.25, 0.3) is 0 Å². The van der Waals surface area contributed by atoms with E-state index in [-0.39, 0.29) is 11.8 Å². The Morgan fingerprint density at radius 1 is 1.12 bits per heavy atom. The Kier molecular flexibility index (Phi) is 5.53. The summed E-state index contributed by atoms with van der Waals surface area (Å²) in [7, 11) is 0. The number of likely N-dealkylation sites (tertiary alicyclic amines) is 1. The summed E-state index contributed by atoms with van der Waals surface area (Å²) in [5.41, 5.74) is 1.65. The van der Waals surface area contributed by atoms with Gasteiger partial charge in [-0.3, -0.25) is 9.59 Å². The van der Waals surface area contributed by atoms with Gasteiger partial charge in [-0.25, -0.2) is 0 Å². The van der Waals surface area contributed by atoms with Gasteiger partial charge in [-0.2, -0.15) is 0 Å². The lowest BCUT2D eigenvalue weighted by Crippen LogP contribution is -2.39. The second-order valence-corrected chi connectivity index (χ2v) is 7.42. The summed E-state index contributed by atoms with van der Waals surface area (Å²) in [5, 5.41) is 2.88. The van der Waals surface area contributed by atoms with Crippen molar-refractivity contribution in [1.82, 2.24) is 4.90 Å². The quantitative estimate of drug-likeness (QED) is 0.819. The molecule has 130 valence electrons. The van der Waals surface area contributed by atoms with Crippen molar-refractivity contribution in [2.24, 2.45) is 5.92 Å². The Bertz CT molecular complexity index is 774. The highest BCUT2D eigenvalue weighted by Crippen LogP contribution is 2.23. The van der Waals surface area contributed by atoms with Gasteiger partial charge in [-0.05, 0) is 55.2 Å². The van der Waals surface area contributed by atoms with Crippen LogP contribution in [-0.2, 0) is 0 Å². The maximum absolute atomic E-state index is 12.9. The first-order valence-electron chi connectivity index (χ1n) is 8.50. The highest BCUT2D eigenvalue weighted by molar-refractivity contribution is 9.10. The summed E-state index contributed by atoms with van der Waals surface area (Å²) in [4.78, 5) is 27.3. The van der Waals surface area contributed by atoms with Crippen molar-refractivity contribution in [2.45, 2.75) is 19.8 Å². The second-order valence-electron chi connectivity index (χ2n) is 6.51. The number of nitrogens with one attached hydrogen (secondary N) is 1. The fraction of sp³-hybridized carbons (Fsp3) is 0.300. The maximum Gasteiger partial charge on any atom is 0.255 e. The molecule has 0 saturated carbocycles. The van der Waals surface area contributed by atoms with E-state index in [0.717, 1.165) is 30.4 Å². The Morgan fingerprint density at radius 3 is 2.56 bits per heavy atom. The highest BCUT2D eigenvalue weighted by atomic mass is 79.9. The minimum absolute atomic E-state index is 0.0155. The molecule has 1 aliphatic rings.